The second kappa shape index (κ2) is 7.15. The maximum absolute atomic E-state index is 13.5. The predicted molar refractivity (Wildman–Crippen MR) is 112 cm³/mol. The molecule has 0 bridgehead atoms. The number of halogens is 1. The number of carbonyl (C=O) groups is 1. The first-order chi connectivity index (χ1) is 14.7. The Morgan fingerprint density at radius 3 is 2.40 bits per heavy atom. The second-order valence-electron chi connectivity index (χ2n) is 7.02. The van der Waals surface area contributed by atoms with Crippen LogP contribution in [0.5, 0.6) is 5.75 Å². The lowest BCUT2D eigenvalue weighted by Gasteiger charge is -2.27. The van der Waals surface area contributed by atoms with Crippen LogP contribution >= 0.6 is 0 Å². The summed E-state index contributed by atoms with van der Waals surface area (Å²) < 4.78 is 19.1. The van der Waals surface area contributed by atoms with E-state index in [9.17, 15) is 9.18 Å². The highest BCUT2D eigenvalue weighted by molar-refractivity contribution is 6.11. The zero-order valence-corrected chi connectivity index (χ0v) is 16.2. The number of anilines is 1. The summed E-state index contributed by atoms with van der Waals surface area (Å²) in [4.78, 5) is 15.2. The van der Waals surface area contributed by atoms with Gasteiger partial charge in [0.05, 0.1) is 18.8 Å². The summed E-state index contributed by atoms with van der Waals surface area (Å²) in [5.74, 6) is 0.178. The normalized spacial score (nSPS) is 15.3. The van der Waals surface area contributed by atoms with Gasteiger partial charge >= 0.3 is 0 Å². The predicted octanol–water partition coefficient (Wildman–Crippen LogP) is 4.97. The zero-order valence-electron chi connectivity index (χ0n) is 16.2. The Labute approximate surface area is 172 Å². The van der Waals surface area contributed by atoms with Crippen LogP contribution in [0.4, 0.5) is 10.1 Å². The number of H-pyrrole nitrogens is 1. The number of benzene rings is 3. The Bertz CT molecular complexity index is 1220. The molecule has 6 heteroatoms. The van der Waals surface area contributed by atoms with Crippen molar-refractivity contribution in [2.45, 2.75) is 6.04 Å². The first kappa shape index (κ1) is 18.1. The lowest BCUT2D eigenvalue weighted by Crippen LogP contribution is -2.29. The van der Waals surface area contributed by atoms with Crippen molar-refractivity contribution in [1.82, 2.24) is 10.2 Å². The Kier molecular flexibility index (Phi) is 4.32. The minimum absolute atomic E-state index is 0.173. The fraction of sp³-hybridized carbons (Fsp3) is 0.0833. The molecular weight excluding hydrogens is 381 g/mol. The number of carbonyl (C=O) groups excluding carboxylic acids is 1. The van der Waals surface area contributed by atoms with E-state index in [1.54, 1.807) is 24.1 Å². The molecular formula is C24H18FN3O2. The summed E-state index contributed by atoms with van der Waals surface area (Å²) in [6.45, 7) is 0. The Morgan fingerprint density at radius 1 is 0.967 bits per heavy atom. The molecule has 5 nitrogen and oxygen atoms in total. The van der Waals surface area contributed by atoms with Crippen LogP contribution in [0.15, 0.2) is 78.9 Å². The van der Waals surface area contributed by atoms with Gasteiger partial charge in [-0.15, -0.1) is 0 Å². The number of nitrogens with one attached hydrogen (secondary N) is 1. The highest BCUT2D eigenvalue weighted by atomic mass is 19.1. The number of aromatic nitrogens is 2. The lowest BCUT2D eigenvalue weighted by atomic mass is 9.95. The largest absolute Gasteiger partial charge is 0.496 e. The molecule has 4 aromatic rings. The van der Waals surface area contributed by atoms with E-state index in [4.69, 9.17) is 4.74 Å². The van der Waals surface area contributed by atoms with Gasteiger partial charge in [-0.2, -0.15) is 5.10 Å². The molecule has 0 aliphatic carbocycles. The first-order valence-electron chi connectivity index (χ1n) is 9.54. The molecule has 3 aromatic carbocycles. The molecule has 1 amide bonds. The summed E-state index contributed by atoms with van der Waals surface area (Å²) >= 11 is 0. The standard InChI is InChI=1S/C24H18FN3O2/c1-30-19-10-6-5-9-18(19)23-20-21(15-11-13-16(25)14-12-15)26-27-22(20)24(29)28(23)17-7-3-2-4-8-17/h2-14,23H,1H3,(H,26,27). The molecule has 1 atom stereocenters. The van der Waals surface area contributed by atoms with Crippen molar-refractivity contribution in [3.63, 3.8) is 0 Å². The highest BCUT2D eigenvalue weighted by Crippen LogP contribution is 2.47. The molecule has 1 aromatic heterocycles. The number of rotatable bonds is 4. The number of methoxy groups -OCH3 is 1. The van der Waals surface area contributed by atoms with Crippen molar-refractivity contribution < 1.29 is 13.9 Å². The molecule has 5 rings (SSSR count). The summed E-state index contributed by atoms with van der Waals surface area (Å²) in [6, 6.07) is 22.8. The number of para-hydroxylation sites is 2. The molecule has 1 unspecified atom stereocenters. The number of aromatic amines is 1. The molecule has 1 aliphatic rings. The average Bonchev–Trinajstić information content (AvgIpc) is 3.34. The van der Waals surface area contributed by atoms with E-state index < -0.39 is 6.04 Å². The Hall–Kier alpha value is -3.93. The van der Waals surface area contributed by atoms with Gasteiger partial charge in [0.1, 0.15) is 17.3 Å². The molecule has 0 radical (unpaired) electrons. The lowest BCUT2D eigenvalue weighted by molar-refractivity contribution is 0.0988. The molecule has 30 heavy (non-hydrogen) atoms. The summed E-state index contributed by atoms with van der Waals surface area (Å²) in [5, 5.41) is 7.32. The van der Waals surface area contributed by atoms with Crippen LogP contribution in [0.2, 0.25) is 0 Å². The summed E-state index contributed by atoms with van der Waals surface area (Å²) in [5.41, 5.74) is 4.15. The van der Waals surface area contributed by atoms with Gasteiger partial charge < -0.3 is 4.74 Å². The Balaban J connectivity index is 1.75. The van der Waals surface area contributed by atoms with E-state index in [1.807, 2.05) is 54.6 Å². The monoisotopic (exact) mass is 399 g/mol. The van der Waals surface area contributed by atoms with Crippen LogP contribution in [-0.2, 0) is 0 Å². The fourth-order valence-electron chi connectivity index (χ4n) is 4.02. The van der Waals surface area contributed by atoms with Gasteiger partial charge in [0.15, 0.2) is 0 Å². The first-order valence-corrected chi connectivity index (χ1v) is 9.54. The molecule has 0 saturated heterocycles. The number of nitrogens with zero attached hydrogens (tertiary/aromatic N) is 2. The van der Waals surface area contributed by atoms with Gasteiger partial charge in [-0.1, -0.05) is 36.4 Å². The Morgan fingerprint density at radius 2 is 1.67 bits per heavy atom. The smallest absolute Gasteiger partial charge is 0.277 e. The summed E-state index contributed by atoms with van der Waals surface area (Å²) in [6.07, 6.45) is 0. The average molecular weight is 399 g/mol. The van der Waals surface area contributed by atoms with Gasteiger partial charge in [-0.3, -0.25) is 14.8 Å². The molecule has 1 aliphatic heterocycles. The zero-order chi connectivity index (χ0) is 20.7. The maximum Gasteiger partial charge on any atom is 0.277 e. The molecule has 148 valence electrons. The van der Waals surface area contributed by atoms with Crippen molar-refractivity contribution in [2.75, 3.05) is 12.0 Å². The van der Waals surface area contributed by atoms with Crippen molar-refractivity contribution >= 4 is 11.6 Å². The second-order valence-corrected chi connectivity index (χ2v) is 7.02. The maximum atomic E-state index is 13.5. The van der Waals surface area contributed by atoms with Gasteiger partial charge in [-0.25, -0.2) is 4.39 Å². The topological polar surface area (TPSA) is 58.2 Å². The number of hydrogen-bond donors (Lipinski definition) is 1. The number of hydrogen-bond acceptors (Lipinski definition) is 3. The molecule has 0 spiro atoms. The van der Waals surface area contributed by atoms with Gasteiger partial charge in [0.25, 0.3) is 5.91 Å². The number of fused-ring (bicyclic) bond motifs is 1. The van der Waals surface area contributed by atoms with Crippen LogP contribution in [0.1, 0.15) is 27.7 Å². The van der Waals surface area contributed by atoms with E-state index in [2.05, 4.69) is 10.2 Å². The molecule has 1 N–H and O–H groups in total. The third-order valence-corrected chi connectivity index (χ3v) is 5.35. The molecule has 2 heterocycles. The van der Waals surface area contributed by atoms with Gasteiger partial charge in [0, 0.05) is 22.4 Å². The van der Waals surface area contributed by atoms with Gasteiger partial charge in [-0.05, 0) is 42.5 Å². The quantitative estimate of drug-likeness (QED) is 0.527. The third kappa shape index (κ3) is 2.76. The number of amides is 1. The van der Waals surface area contributed by atoms with E-state index in [0.717, 1.165) is 22.4 Å². The number of ether oxygens (including phenoxy) is 1. The van der Waals surface area contributed by atoms with E-state index in [0.29, 0.717) is 17.1 Å². The van der Waals surface area contributed by atoms with Crippen molar-refractivity contribution in [1.29, 1.82) is 0 Å². The van der Waals surface area contributed by atoms with E-state index in [-0.39, 0.29) is 11.7 Å². The van der Waals surface area contributed by atoms with E-state index in [1.165, 1.54) is 12.1 Å². The highest BCUT2D eigenvalue weighted by Gasteiger charge is 2.44. The minimum Gasteiger partial charge on any atom is -0.496 e. The van der Waals surface area contributed by atoms with Crippen molar-refractivity contribution in [3.8, 4) is 17.0 Å². The summed E-state index contributed by atoms with van der Waals surface area (Å²) in [7, 11) is 1.61. The fourth-order valence-corrected chi connectivity index (χ4v) is 4.02. The molecule has 0 fully saturated rings. The van der Waals surface area contributed by atoms with Crippen LogP contribution in [-0.4, -0.2) is 23.2 Å². The SMILES string of the molecule is COc1ccccc1C1c2c(-c3ccc(F)cc3)n[nH]c2C(=O)N1c1ccccc1. The van der Waals surface area contributed by atoms with E-state index >= 15 is 0 Å². The van der Waals surface area contributed by atoms with Crippen molar-refractivity contribution in [2.24, 2.45) is 0 Å². The molecule has 0 saturated carbocycles. The van der Waals surface area contributed by atoms with Crippen LogP contribution in [0.3, 0.4) is 0 Å². The van der Waals surface area contributed by atoms with Crippen LogP contribution < -0.4 is 9.64 Å². The van der Waals surface area contributed by atoms with Crippen molar-refractivity contribution in [3.05, 3.63) is 102 Å². The van der Waals surface area contributed by atoms with Crippen LogP contribution in [0.25, 0.3) is 11.3 Å². The van der Waals surface area contributed by atoms with Crippen LogP contribution in [0, 0.1) is 5.82 Å². The third-order valence-electron chi connectivity index (χ3n) is 5.35. The minimum atomic E-state index is -0.440. The van der Waals surface area contributed by atoms with Gasteiger partial charge in [0.2, 0.25) is 0 Å².